The Bertz CT molecular complexity index is 499. The summed E-state index contributed by atoms with van der Waals surface area (Å²) >= 11 is 0. The Morgan fingerprint density at radius 1 is 1.33 bits per heavy atom. The lowest BCUT2D eigenvalue weighted by atomic mass is 10.0. The molecule has 0 aliphatic carbocycles. The van der Waals surface area contributed by atoms with E-state index in [1.165, 1.54) is 14.0 Å². The lowest BCUT2D eigenvalue weighted by Gasteiger charge is -2.14. The molecule has 4 N–H and O–H groups in total. The lowest BCUT2D eigenvalue weighted by Crippen LogP contribution is -2.21. The molecule has 0 heterocycles. The molecule has 0 aliphatic heterocycles. The van der Waals surface area contributed by atoms with Crippen LogP contribution in [0.15, 0.2) is 18.2 Å². The molecule has 1 rings (SSSR count). The van der Waals surface area contributed by atoms with Crippen LogP contribution in [-0.4, -0.2) is 25.5 Å². The van der Waals surface area contributed by atoms with Crippen molar-refractivity contribution in [2.24, 2.45) is 11.7 Å². The number of carbonyl (C=O) groups excluding carboxylic acids is 2. The molecule has 6 heteroatoms. The van der Waals surface area contributed by atoms with Crippen LogP contribution >= 0.6 is 0 Å². The van der Waals surface area contributed by atoms with Crippen molar-refractivity contribution in [3.8, 4) is 5.75 Å². The highest BCUT2D eigenvalue weighted by Crippen LogP contribution is 2.28. The first-order valence-electron chi connectivity index (χ1n) is 6.95. The number of ether oxygens (including phenoxy) is 1. The Labute approximate surface area is 125 Å². The van der Waals surface area contributed by atoms with Gasteiger partial charge in [0.1, 0.15) is 5.75 Å². The van der Waals surface area contributed by atoms with Crippen molar-refractivity contribution >= 4 is 23.2 Å². The third kappa shape index (κ3) is 5.43. The van der Waals surface area contributed by atoms with Gasteiger partial charge in [-0.1, -0.05) is 13.3 Å². The largest absolute Gasteiger partial charge is 0.494 e. The molecule has 1 atom stereocenters. The molecule has 0 saturated carbocycles. The van der Waals surface area contributed by atoms with E-state index in [0.717, 1.165) is 6.42 Å². The molecule has 6 nitrogen and oxygen atoms in total. The van der Waals surface area contributed by atoms with Crippen molar-refractivity contribution in [2.45, 2.75) is 26.7 Å². The molecule has 21 heavy (non-hydrogen) atoms. The lowest BCUT2D eigenvalue weighted by molar-refractivity contribution is -0.117. The van der Waals surface area contributed by atoms with Gasteiger partial charge in [0.25, 0.3) is 0 Å². The molecule has 1 unspecified atom stereocenters. The van der Waals surface area contributed by atoms with E-state index in [9.17, 15) is 9.59 Å². The molecule has 2 amide bonds. The number of carbonyl (C=O) groups is 2. The summed E-state index contributed by atoms with van der Waals surface area (Å²) in [5, 5.41) is 5.47. The molecule has 116 valence electrons. The van der Waals surface area contributed by atoms with E-state index >= 15 is 0 Å². The second-order valence-electron chi connectivity index (χ2n) is 4.86. The average molecular weight is 293 g/mol. The first-order chi connectivity index (χ1) is 9.99. The summed E-state index contributed by atoms with van der Waals surface area (Å²) in [4.78, 5) is 23.0. The van der Waals surface area contributed by atoms with Gasteiger partial charge in [-0.05, 0) is 24.6 Å². The highest BCUT2D eigenvalue weighted by atomic mass is 16.5. The minimum absolute atomic E-state index is 0.0818. The molecular weight excluding hydrogens is 270 g/mol. The number of hydrogen-bond acceptors (Lipinski definition) is 4. The normalized spacial score (nSPS) is 11.6. The molecule has 1 aromatic rings. The van der Waals surface area contributed by atoms with Crippen LogP contribution in [0.5, 0.6) is 5.75 Å². The van der Waals surface area contributed by atoms with Crippen LogP contribution in [0.2, 0.25) is 0 Å². The number of nitrogens with two attached hydrogens (primary N) is 1. The van der Waals surface area contributed by atoms with Crippen LogP contribution in [0.4, 0.5) is 11.4 Å². The van der Waals surface area contributed by atoms with Crippen molar-refractivity contribution in [3.63, 3.8) is 0 Å². The second-order valence-corrected chi connectivity index (χ2v) is 4.86. The maximum atomic E-state index is 11.9. The maximum absolute atomic E-state index is 11.9. The molecule has 0 aromatic heterocycles. The molecule has 0 saturated heterocycles. The van der Waals surface area contributed by atoms with Gasteiger partial charge in [-0.15, -0.1) is 0 Å². The van der Waals surface area contributed by atoms with E-state index in [-0.39, 0.29) is 17.7 Å². The Morgan fingerprint density at radius 3 is 2.57 bits per heavy atom. The summed E-state index contributed by atoms with van der Waals surface area (Å²) in [6.07, 6.45) is 1.26. The summed E-state index contributed by atoms with van der Waals surface area (Å²) in [7, 11) is 1.51. The predicted octanol–water partition coefficient (Wildman–Crippen LogP) is 1.97. The van der Waals surface area contributed by atoms with Crippen LogP contribution in [0, 0.1) is 5.92 Å². The van der Waals surface area contributed by atoms with Gasteiger partial charge in [0, 0.05) is 25.1 Å². The van der Waals surface area contributed by atoms with Gasteiger partial charge in [-0.3, -0.25) is 9.59 Å². The third-order valence-electron chi connectivity index (χ3n) is 3.18. The van der Waals surface area contributed by atoms with Crippen molar-refractivity contribution in [1.29, 1.82) is 0 Å². The number of rotatable bonds is 7. The number of methoxy groups -OCH3 is 1. The van der Waals surface area contributed by atoms with E-state index in [0.29, 0.717) is 30.1 Å². The highest BCUT2D eigenvalue weighted by molar-refractivity contribution is 5.93. The zero-order valence-corrected chi connectivity index (χ0v) is 12.7. The van der Waals surface area contributed by atoms with Crippen molar-refractivity contribution in [3.05, 3.63) is 18.2 Å². The van der Waals surface area contributed by atoms with Gasteiger partial charge < -0.3 is 21.1 Å². The van der Waals surface area contributed by atoms with Gasteiger partial charge in [0.05, 0.1) is 12.8 Å². The molecule has 0 radical (unpaired) electrons. The maximum Gasteiger partial charge on any atom is 0.224 e. The van der Waals surface area contributed by atoms with Gasteiger partial charge >= 0.3 is 0 Å². The second kappa shape index (κ2) is 8.26. The fourth-order valence-electron chi connectivity index (χ4n) is 1.93. The summed E-state index contributed by atoms with van der Waals surface area (Å²) in [5.74, 6) is 0.417. The molecule has 1 aromatic carbocycles. The van der Waals surface area contributed by atoms with Gasteiger partial charge in [-0.2, -0.15) is 0 Å². The van der Waals surface area contributed by atoms with Crippen LogP contribution < -0.4 is 21.1 Å². The molecule has 0 aliphatic rings. The van der Waals surface area contributed by atoms with Crippen LogP contribution in [0.1, 0.15) is 26.7 Å². The number of benzene rings is 1. The van der Waals surface area contributed by atoms with Crippen LogP contribution in [0.25, 0.3) is 0 Å². The monoisotopic (exact) mass is 293 g/mol. The van der Waals surface area contributed by atoms with Crippen LogP contribution in [0.3, 0.4) is 0 Å². The Morgan fingerprint density at radius 2 is 2.05 bits per heavy atom. The number of nitrogens with one attached hydrogen (secondary N) is 2. The summed E-state index contributed by atoms with van der Waals surface area (Å²) in [6, 6.07) is 5.08. The van der Waals surface area contributed by atoms with E-state index in [4.69, 9.17) is 10.5 Å². The van der Waals surface area contributed by atoms with Gasteiger partial charge in [0.15, 0.2) is 0 Å². The molecular formula is C15H23N3O3. The minimum Gasteiger partial charge on any atom is -0.494 e. The fraction of sp³-hybridized carbons (Fsp3) is 0.467. The molecule has 0 fully saturated rings. The zero-order valence-electron chi connectivity index (χ0n) is 12.7. The Hall–Kier alpha value is -2.08. The molecule has 0 bridgehead atoms. The topological polar surface area (TPSA) is 93.5 Å². The summed E-state index contributed by atoms with van der Waals surface area (Å²) < 4.78 is 5.21. The van der Waals surface area contributed by atoms with E-state index < -0.39 is 0 Å². The minimum atomic E-state index is -0.182. The van der Waals surface area contributed by atoms with E-state index in [2.05, 4.69) is 10.6 Å². The number of amides is 2. The van der Waals surface area contributed by atoms with E-state index in [1.807, 2.05) is 6.92 Å². The first-order valence-corrected chi connectivity index (χ1v) is 6.95. The smallest absolute Gasteiger partial charge is 0.224 e. The standard InChI is InChI=1S/C15H23N3O3/c1-4-11(9-16)7-15(20)18-12-5-6-13(17-10(2)19)14(8-12)21-3/h5-6,8,11H,4,7,9,16H2,1-3H3,(H,17,19)(H,18,20). The highest BCUT2D eigenvalue weighted by Gasteiger charge is 2.12. The Kier molecular flexibility index (Phi) is 6.68. The quantitative estimate of drug-likeness (QED) is 0.716. The first kappa shape index (κ1) is 17.0. The molecule has 0 spiro atoms. The van der Waals surface area contributed by atoms with E-state index in [1.54, 1.807) is 18.2 Å². The van der Waals surface area contributed by atoms with Crippen LogP contribution in [-0.2, 0) is 9.59 Å². The van der Waals surface area contributed by atoms with Gasteiger partial charge in [-0.25, -0.2) is 0 Å². The van der Waals surface area contributed by atoms with Crippen molar-refractivity contribution < 1.29 is 14.3 Å². The van der Waals surface area contributed by atoms with Gasteiger partial charge in [0.2, 0.25) is 11.8 Å². The fourth-order valence-corrected chi connectivity index (χ4v) is 1.93. The SMILES string of the molecule is CCC(CN)CC(=O)Nc1ccc(NC(C)=O)c(OC)c1. The summed E-state index contributed by atoms with van der Waals surface area (Å²) in [5.41, 5.74) is 6.79. The third-order valence-corrected chi connectivity index (χ3v) is 3.18. The predicted molar refractivity (Wildman–Crippen MR) is 83.4 cm³/mol. The van der Waals surface area contributed by atoms with Crippen molar-refractivity contribution in [1.82, 2.24) is 0 Å². The number of hydrogen-bond donors (Lipinski definition) is 3. The average Bonchev–Trinajstić information content (AvgIpc) is 2.45. The zero-order chi connectivity index (χ0) is 15.8. The summed E-state index contributed by atoms with van der Waals surface area (Å²) in [6.45, 7) is 3.93. The number of anilines is 2. The Balaban J connectivity index is 2.76. The van der Waals surface area contributed by atoms with Crippen molar-refractivity contribution in [2.75, 3.05) is 24.3 Å².